The maximum atomic E-state index is 5.10. The van der Waals surface area contributed by atoms with Crippen molar-refractivity contribution in [3.05, 3.63) is 170 Å². The monoisotopic (exact) mass is 652 g/mol. The lowest BCUT2D eigenvalue weighted by Gasteiger charge is -2.16. The van der Waals surface area contributed by atoms with Crippen LogP contribution < -0.4 is 0 Å². The highest BCUT2D eigenvalue weighted by Gasteiger charge is 2.23. The van der Waals surface area contributed by atoms with Crippen LogP contribution in [0.1, 0.15) is 0 Å². The van der Waals surface area contributed by atoms with Crippen molar-refractivity contribution < 1.29 is 0 Å². The molecule has 0 saturated heterocycles. The predicted octanol–water partition coefficient (Wildman–Crippen LogP) is 10.8. The molecule has 11 rings (SSSR count). The van der Waals surface area contributed by atoms with Crippen molar-refractivity contribution in [1.82, 2.24) is 28.7 Å². The Hall–Kier alpha value is -7.05. The molecule has 6 nitrogen and oxygen atoms in total. The molecule has 238 valence electrons. The van der Waals surface area contributed by atoms with E-state index in [1.165, 1.54) is 21.5 Å². The number of hydrogen-bond acceptors (Lipinski definition) is 3. The lowest BCUT2D eigenvalue weighted by molar-refractivity contribution is 0.946. The number of fused-ring (bicyclic) bond motifs is 9. The molecule has 11 aromatic rings. The van der Waals surface area contributed by atoms with Crippen LogP contribution in [0.2, 0.25) is 0 Å². The summed E-state index contributed by atoms with van der Waals surface area (Å²) in [5.74, 6) is 1.20. The molecule has 0 saturated carbocycles. The van der Waals surface area contributed by atoms with E-state index in [9.17, 15) is 0 Å². The van der Waals surface area contributed by atoms with E-state index in [1.807, 2.05) is 30.3 Å². The molecule has 0 radical (unpaired) electrons. The van der Waals surface area contributed by atoms with E-state index >= 15 is 0 Å². The largest absolute Gasteiger partial charge is 0.309 e. The molecule has 0 fully saturated rings. The van der Waals surface area contributed by atoms with Crippen LogP contribution in [0, 0.1) is 0 Å². The van der Waals surface area contributed by atoms with Gasteiger partial charge < -0.3 is 9.13 Å². The third kappa shape index (κ3) is 4.01. The van der Waals surface area contributed by atoms with E-state index in [0.29, 0.717) is 11.8 Å². The van der Waals surface area contributed by atoms with Gasteiger partial charge in [0.25, 0.3) is 0 Å². The summed E-state index contributed by atoms with van der Waals surface area (Å²) in [5, 5.41) is 7.13. The SMILES string of the molecule is c1ccc(-c2ncnc(-n3c4ccccc4c4c(-n5c6ccccc6c6ccccc65)cc(-n5c6ccccc6c6ccccc65)cc43)n2)cc1. The summed E-state index contributed by atoms with van der Waals surface area (Å²) in [6.07, 6.45) is 1.62. The average molecular weight is 653 g/mol. The van der Waals surface area contributed by atoms with Crippen LogP contribution in [0.5, 0.6) is 0 Å². The number of aromatic nitrogens is 6. The Morgan fingerprint density at radius 1 is 0.373 bits per heavy atom. The third-order valence-electron chi connectivity index (χ3n) is 10.2. The van der Waals surface area contributed by atoms with E-state index < -0.39 is 0 Å². The van der Waals surface area contributed by atoms with Gasteiger partial charge in [-0.25, -0.2) is 9.97 Å². The van der Waals surface area contributed by atoms with Crippen molar-refractivity contribution >= 4 is 65.4 Å². The highest BCUT2D eigenvalue weighted by Crippen LogP contribution is 2.42. The summed E-state index contributed by atoms with van der Waals surface area (Å²) in [7, 11) is 0. The Morgan fingerprint density at radius 2 is 0.843 bits per heavy atom. The number of nitrogens with zero attached hydrogens (tertiary/aromatic N) is 6. The molecule has 4 aromatic heterocycles. The highest BCUT2D eigenvalue weighted by molar-refractivity contribution is 6.17. The Morgan fingerprint density at radius 3 is 1.41 bits per heavy atom. The number of rotatable bonds is 4. The lowest BCUT2D eigenvalue weighted by Crippen LogP contribution is -2.05. The van der Waals surface area contributed by atoms with Gasteiger partial charge in [-0.1, -0.05) is 121 Å². The van der Waals surface area contributed by atoms with Crippen molar-refractivity contribution in [2.24, 2.45) is 0 Å². The predicted molar refractivity (Wildman–Crippen MR) is 208 cm³/mol. The number of benzene rings is 7. The quantitative estimate of drug-likeness (QED) is 0.190. The van der Waals surface area contributed by atoms with E-state index in [1.54, 1.807) is 6.33 Å². The van der Waals surface area contributed by atoms with Gasteiger partial charge in [0.2, 0.25) is 5.95 Å². The molecule has 0 spiro atoms. The first-order valence-corrected chi connectivity index (χ1v) is 17.1. The van der Waals surface area contributed by atoms with Gasteiger partial charge in [0.1, 0.15) is 6.33 Å². The fourth-order valence-corrected chi connectivity index (χ4v) is 8.08. The normalized spacial score (nSPS) is 11.9. The van der Waals surface area contributed by atoms with Gasteiger partial charge in [-0.05, 0) is 42.5 Å². The Bertz CT molecular complexity index is 3040. The maximum absolute atomic E-state index is 5.10. The zero-order valence-corrected chi connectivity index (χ0v) is 27.3. The zero-order chi connectivity index (χ0) is 33.5. The third-order valence-corrected chi connectivity index (χ3v) is 10.2. The molecule has 7 aromatic carbocycles. The second kappa shape index (κ2) is 10.7. The van der Waals surface area contributed by atoms with E-state index in [0.717, 1.165) is 60.8 Å². The fraction of sp³-hybridized carbons (Fsp3) is 0. The minimum absolute atomic E-state index is 0.572. The summed E-state index contributed by atoms with van der Waals surface area (Å²) in [4.78, 5) is 14.5. The van der Waals surface area contributed by atoms with E-state index in [4.69, 9.17) is 9.97 Å². The first-order valence-electron chi connectivity index (χ1n) is 17.1. The molecule has 0 unspecified atom stereocenters. The van der Waals surface area contributed by atoms with Crippen molar-refractivity contribution in [1.29, 1.82) is 0 Å². The van der Waals surface area contributed by atoms with Crippen LogP contribution in [-0.2, 0) is 0 Å². The molecule has 4 heterocycles. The molecule has 6 heteroatoms. The van der Waals surface area contributed by atoms with Crippen LogP contribution in [0.3, 0.4) is 0 Å². The van der Waals surface area contributed by atoms with Crippen molar-refractivity contribution in [3.63, 3.8) is 0 Å². The van der Waals surface area contributed by atoms with Crippen LogP contribution in [0.4, 0.5) is 0 Å². The van der Waals surface area contributed by atoms with E-state index in [2.05, 4.69) is 152 Å². The first-order chi connectivity index (χ1) is 25.3. The second-order valence-electron chi connectivity index (χ2n) is 12.9. The Balaban J connectivity index is 1.34. The maximum Gasteiger partial charge on any atom is 0.238 e. The van der Waals surface area contributed by atoms with Crippen LogP contribution >= 0.6 is 0 Å². The molecule has 0 atom stereocenters. The van der Waals surface area contributed by atoms with Crippen molar-refractivity contribution in [2.75, 3.05) is 0 Å². The van der Waals surface area contributed by atoms with Crippen molar-refractivity contribution in [2.45, 2.75) is 0 Å². The summed E-state index contributed by atoms with van der Waals surface area (Å²) in [5.41, 5.74) is 9.74. The summed E-state index contributed by atoms with van der Waals surface area (Å²) in [6.45, 7) is 0. The van der Waals surface area contributed by atoms with Gasteiger partial charge in [0.05, 0.1) is 44.5 Å². The molecule has 0 aliphatic carbocycles. The molecular formula is C45H28N6. The molecule has 0 amide bonds. The van der Waals surface area contributed by atoms with Gasteiger partial charge in [-0.3, -0.25) is 4.57 Å². The molecule has 0 bridgehead atoms. The minimum Gasteiger partial charge on any atom is -0.309 e. The standard InChI is InChI=1S/C45H28N6/c1-2-14-29(15-3-1)44-46-28-47-45(48-44)51-40-25-13-8-20-35(40)43-41(50-38-23-11-6-18-33(38)34-19-7-12-24-39(34)50)26-30(27-42(43)51)49-36-21-9-4-16-31(36)32-17-5-10-22-37(32)49/h1-28H. The average Bonchev–Trinajstić information content (AvgIpc) is 3.84. The lowest BCUT2D eigenvalue weighted by atomic mass is 10.1. The van der Waals surface area contributed by atoms with E-state index in [-0.39, 0.29) is 0 Å². The topological polar surface area (TPSA) is 53.5 Å². The molecule has 0 aliphatic rings. The van der Waals surface area contributed by atoms with Gasteiger partial charge >= 0.3 is 0 Å². The molecule has 0 N–H and O–H groups in total. The van der Waals surface area contributed by atoms with Gasteiger partial charge in [0.15, 0.2) is 5.82 Å². The summed E-state index contributed by atoms with van der Waals surface area (Å²) in [6, 6.07) is 58.1. The minimum atomic E-state index is 0.572. The number of para-hydroxylation sites is 5. The smallest absolute Gasteiger partial charge is 0.238 e. The second-order valence-corrected chi connectivity index (χ2v) is 12.9. The molecule has 0 aliphatic heterocycles. The van der Waals surface area contributed by atoms with Crippen molar-refractivity contribution in [3.8, 4) is 28.7 Å². The Labute approximate surface area is 292 Å². The summed E-state index contributed by atoms with van der Waals surface area (Å²) >= 11 is 0. The first kappa shape index (κ1) is 27.9. The van der Waals surface area contributed by atoms with Gasteiger partial charge in [-0.15, -0.1) is 0 Å². The molecular weight excluding hydrogens is 625 g/mol. The number of hydrogen-bond donors (Lipinski definition) is 0. The highest BCUT2D eigenvalue weighted by atomic mass is 15.2. The fourth-order valence-electron chi connectivity index (χ4n) is 8.08. The van der Waals surface area contributed by atoms with Crippen LogP contribution in [0.15, 0.2) is 170 Å². The van der Waals surface area contributed by atoms with Crippen LogP contribution in [0.25, 0.3) is 94.1 Å². The van der Waals surface area contributed by atoms with Gasteiger partial charge in [0, 0.05) is 37.9 Å². The van der Waals surface area contributed by atoms with Crippen LogP contribution in [-0.4, -0.2) is 28.7 Å². The Kier molecular flexibility index (Phi) is 5.86. The summed E-state index contributed by atoms with van der Waals surface area (Å²) < 4.78 is 7.03. The molecule has 51 heavy (non-hydrogen) atoms. The zero-order valence-electron chi connectivity index (χ0n) is 27.3. The van der Waals surface area contributed by atoms with Gasteiger partial charge in [-0.2, -0.15) is 4.98 Å².